The molecule has 0 aromatic carbocycles. The molecule has 0 bridgehead atoms. The topological polar surface area (TPSA) is 72.7 Å². The molecule has 0 saturated heterocycles. The number of carbonyl (C=O) groups is 2. The fourth-order valence-corrected chi connectivity index (χ4v) is 3.41. The van der Waals surface area contributed by atoms with Crippen LogP contribution in [0, 0.1) is 0 Å². The maximum Gasteiger partial charge on any atom is 0.331 e. The molecule has 7 heteroatoms. The van der Waals surface area contributed by atoms with Gasteiger partial charge in [0.15, 0.2) is 11.3 Å². The van der Waals surface area contributed by atoms with Gasteiger partial charge in [-0.2, -0.15) is 0 Å². The van der Waals surface area contributed by atoms with Crippen LogP contribution in [-0.2, 0) is 14.3 Å². The average Bonchev–Trinajstić information content (AvgIpc) is 3.02. The summed E-state index contributed by atoms with van der Waals surface area (Å²) in [6, 6.07) is 5.51. The number of pyridine rings is 1. The van der Waals surface area contributed by atoms with Crippen molar-refractivity contribution in [2.45, 2.75) is 45.1 Å². The number of fused-ring (bicyclic) bond motifs is 1. The zero-order chi connectivity index (χ0) is 19.9. The van der Waals surface area contributed by atoms with Gasteiger partial charge in [0, 0.05) is 18.8 Å². The van der Waals surface area contributed by atoms with Gasteiger partial charge in [-0.25, -0.2) is 9.78 Å². The van der Waals surface area contributed by atoms with E-state index >= 15 is 0 Å². The molecule has 0 aliphatic heterocycles. The summed E-state index contributed by atoms with van der Waals surface area (Å²) in [5.74, 6) is -0.911. The van der Waals surface area contributed by atoms with Crippen LogP contribution in [0.2, 0.25) is 5.15 Å². The minimum atomic E-state index is -0.866. The van der Waals surface area contributed by atoms with E-state index in [0.29, 0.717) is 17.9 Å². The van der Waals surface area contributed by atoms with Crippen LogP contribution in [0.5, 0.6) is 0 Å². The van der Waals surface area contributed by atoms with Gasteiger partial charge >= 0.3 is 5.97 Å². The van der Waals surface area contributed by atoms with E-state index in [0.717, 1.165) is 19.3 Å². The highest BCUT2D eigenvalue weighted by Crippen LogP contribution is 2.20. The first kappa shape index (κ1) is 20.1. The van der Waals surface area contributed by atoms with Crippen LogP contribution in [0.15, 0.2) is 42.1 Å². The van der Waals surface area contributed by atoms with Gasteiger partial charge in [-0.3, -0.25) is 9.20 Å². The molecular formula is C21H24ClN3O3. The molecule has 2 heterocycles. The lowest BCUT2D eigenvalue weighted by Crippen LogP contribution is -2.36. The smallest absolute Gasteiger partial charge is 0.331 e. The Morgan fingerprint density at radius 3 is 3.04 bits per heavy atom. The van der Waals surface area contributed by atoms with Crippen LogP contribution in [0.4, 0.5) is 0 Å². The van der Waals surface area contributed by atoms with Crippen molar-refractivity contribution in [1.29, 1.82) is 0 Å². The number of nitrogens with zero attached hydrogens (tertiary/aromatic N) is 2. The number of nitrogens with one attached hydrogen (secondary N) is 1. The van der Waals surface area contributed by atoms with Gasteiger partial charge in [0.05, 0.1) is 5.69 Å². The third kappa shape index (κ3) is 5.23. The van der Waals surface area contributed by atoms with Gasteiger partial charge in [-0.1, -0.05) is 29.3 Å². The first-order valence-corrected chi connectivity index (χ1v) is 9.89. The quantitative estimate of drug-likeness (QED) is 0.433. The van der Waals surface area contributed by atoms with Crippen molar-refractivity contribution in [3.8, 4) is 0 Å². The van der Waals surface area contributed by atoms with Crippen LogP contribution in [-0.4, -0.2) is 33.9 Å². The first-order valence-electron chi connectivity index (χ1n) is 9.51. The number of hydrogen-bond donors (Lipinski definition) is 1. The second-order valence-electron chi connectivity index (χ2n) is 6.78. The number of allylic oxidation sites excluding steroid dienone is 1. The Morgan fingerprint density at radius 2 is 2.25 bits per heavy atom. The second kappa shape index (κ2) is 9.55. The first-order chi connectivity index (χ1) is 13.5. The summed E-state index contributed by atoms with van der Waals surface area (Å²) in [5, 5.41) is 3.11. The van der Waals surface area contributed by atoms with Crippen molar-refractivity contribution in [3.63, 3.8) is 0 Å². The van der Waals surface area contributed by atoms with Crippen LogP contribution < -0.4 is 5.32 Å². The van der Waals surface area contributed by atoms with Gasteiger partial charge in [0.1, 0.15) is 5.65 Å². The monoisotopic (exact) mass is 401 g/mol. The zero-order valence-corrected chi connectivity index (χ0v) is 16.6. The molecule has 1 aliphatic rings. The SMILES string of the molecule is C[C@@H](OC(=O)/C=C/c1c(Cl)nc2ccccn12)C(=O)NCCC1=CCCCC1. The number of ether oxygens (including phenoxy) is 1. The fourth-order valence-electron chi connectivity index (χ4n) is 3.17. The highest BCUT2D eigenvalue weighted by Gasteiger charge is 2.16. The summed E-state index contributed by atoms with van der Waals surface area (Å²) in [6.45, 7) is 2.11. The largest absolute Gasteiger partial charge is 0.449 e. The standard InChI is InChI=1S/C21H24ClN3O3/c1-15(21(27)23-13-12-16-7-3-2-4-8-16)28-19(26)11-10-17-20(22)24-18-9-5-6-14-25(17)18/h5-7,9-11,14-15H,2-4,8,12-13H2,1H3,(H,23,27)/b11-10+/t15-/m1/s1. The highest BCUT2D eigenvalue weighted by molar-refractivity contribution is 6.31. The lowest BCUT2D eigenvalue weighted by molar-refractivity contribution is -0.150. The van der Waals surface area contributed by atoms with Crippen LogP contribution >= 0.6 is 11.6 Å². The third-order valence-corrected chi connectivity index (χ3v) is 4.97. The lowest BCUT2D eigenvalue weighted by atomic mass is 9.97. The van der Waals surface area contributed by atoms with Gasteiger partial charge < -0.3 is 10.1 Å². The number of aromatic nitrogens is 2. The molecule has 3 rings (SSSR count). The van der Waals surface area contributed by atoms with Gasteiger partial charge in [0.25, 0.3) is 5.91 Å². The van der Waals surface area contributed by atoms with E-state index in [2.05, 4.69) is 16.4 Å². The summed E-state index contributed by atoms with van der Waals surface area (Å²) in [7, 11) is 0. The van der Waals surface area contributed by atoms with E-state index in [-0.39, 0.29) is 11.1 Å². The predicted octanol–water partition coefficient (Wildman–Crippen LogP) is 3.94. The van der Waals surface area contributed by atoms with E-state index < -0.39 is 12.1 Å². The van der Waals surface area contributed by atoms with Gasteiger partial charge in [0.2, 0.25) is 0 Å². The average molecular weight is 402 g/mol. The molecule has 148 valence electrons. The van der Waals surface area contributed by atoms with Crippen molar-refractivity contribution in [2.24, 2.45) is 0 Å². The molecule has 28 heavy (non-hydrogen) atoms. The van der Waals surface area contributed by atoms with Crippen molar-refractivity contribution in [3.05, 3.63) is 53.0 Å². The van der Waals surface area contributed by atoms with Gasteiger partial charge in [-0.15, -0.1) is 0 Å². The van der Waals surface area contributed by atoms with Crippen molar-refractivity contribution in [2.75, 3.05) is 6.54 Å². The molecule has 1 N–H and O–H groups in total. The Bertz CT molecular complexity index is 917. The summed E-state index contributed by atoms with van der Waals surface area (Å²) >= 11 is 6.12. The lowest BCUT2D eigenvalue weighted by Gasteiger charge is -2.15. The fraction of sp³-hybridized carbons (Fsp3) is 0.381. The van der Waals surface area contributed by atoms with E-state index in [4.69, 9.17) is 16.3 Å². The Balaban J connectivity index is 1.49. The summed E-state index contributed by atoms with van der Waals surface area (Å²) in [5.41, 5.74) is 2.65. The molecule has 1 aliphatic carbocycles. The minimum Gasteiger partial charge on any atom is -0.449 e. The normalized spacial score (nSPS) is 15.4. The molecule has 0 spiro atoms. The zero-order valence-electron chi connectivity index (χ0n) is 15.9. The number of esters is 1. The second-order valence-corrected chi connectivity index (χ2v) is 7.14. The Morgan fingerprint density at radius 1 is 1.39 bits per heavy atom. The predicted molar refractivity (Wildman–Crippen MR) is 109 cm³/mol. The summed E-state index contributed by atoms with van der Waals surface area (Å²) in [6.07, 6.45) is 11.5. The summed E-state index contributed by atoms with van der Waals surface area (Å²) in [4.78, 5) is 28.4. The maximum absolute atomic E-state index is 12.1. The maximum atomic E-state index is 12.1. The van der Waals surface area contributed by atoms with E-state index in [1.807, 2.05) is 18.2 Å². The molecule has 1 atom stereocenters. The number of carbonyl (C=O) groups excluding carboxylic acids is 2. The highest BCUT2D eigenvalue weighted by atomic mass is 35.5. The molecule has 0 saturated carbocycles. The molecular weight excluding hydrogens is 378 g/mol. The molecule has 0 unspecified atom stereocenters. The Labute approximate surface area is 169 Å². The van der Waals surface area contributed by atoms with Crippen molar-refractivity contribution >= 4 is 35.2 Å². The van der Waals surface area contributed by atoms with Crippen molar-refractivity contribution in [1.82, 2.24) is 14.7 Å². The number of hydrogen-bond acceptors (Lipinski definition) is 4. The van der Waals surface area contributed by atoms with Crippen LogP contribution in [0.1, 0.15) is 44.7 Å². The van der Waals surface area contributed by atoms with Crippen molar-refractivity contribution < 1.29 is 14.3 Å². The van der Waals surface area contributed by atoms with Crippen LogP contribution in [0.3, 0.4) is 0 Å². The Hall–Kier alpha value is -2.60. The number of imidazole rings is 1. The molecule has 2 aromatic heterocycles. The van der Waals surface area contributed by atoms with E-state index in [1.165, 1.54) is 30.6 Å². The molecule has 1 amide bonds. The molecule has 0 radical (unpaired) electrons. The van der Waals surface area contributed by atoms with Crippen LogP contribution in [0.25, 0.3) is 11.7 Å². The third-order valence-electron chi connectivity index (χ3n) is 4.69. The number of rotatable bonds is 7. The molecule has 0 fully saturated rings. The van der Waals surface area contributed by atoms with Gasteiger partial charge in [-0.05, 0) is 57.2 Å². The molecule has 2 aromatic rings. The Kier molecular flexibility index (Phi) is 6.87. The molecule has 6 nitrogen and oxygen atoms in total. The van der Waals surface area contributed by atoms with E-state index in [1.54, 1.807) is 17.5 Å². The number of halogens is 1. The summed E-state index contributed by atoms with van der Waals surface area (Å²) < 4.78 is 6.95. The van der Waals surface area contributed by atoms with E-state index in [9.17, 15) is 9.59 Å². The number of amides is 1. The minimum absolute atomic E-state index is 0.290.